The number of nitrogens with one attached hydrogen (secondary N) is 3. The van der Waals surface area contributed by atoms with Gasteiger partial charge in [0.15, 0.2) is 11.2 Å². The first kappa shape index (κ1) is 14.7. The Bertz CT molecular complexity index is 677. The Balaban J connectivity index is 1.78. The normalized spacial score (nSPS) is 11.9. The molecule has 2 heterocycles. The van der Waals surface area contributed by atoms with E-state index < -0.39 is 7.60 Å². The Morgan fingerprint density at radius 1 is 1.45 bits per heavy atom. The molecule has 2 aromatic rings. The zero-order valence-corrected chi connectivity index (χ0v) is 11.3. The average molecular weight is 303 g/mol. The third kappa shape index (κ3) is 4.14. The van der Waals surface area contributed by atoms with Gasteiger partial charge in [0.25, 0.3) is 5.56 Å². The van der Waals surface area contributed by atoms with Gasteiger partial charge in [-0.25, -0.2) is 4.98 Å². The summed E-state index contributed by atoms with van der Waals surface area (Å²) in [4.78, 5) is 41.9. The third-order valence-corrected chi connectivity index (χ3v) is 3.27. The molecule has 0 unspecified atom stereocenters. The molecule has 2 rings (SSSR count). The van der Waals surface area contributed by atoms with Crippen LogP contribution in [0.3, 0.4) is 0 Å². The molecule has 20 heavy (non-hydrogen) atoms. The van der Waals surface area contributed by atoms with E-state index >= 15 is 0 Å². The summed E-state index contributed by atoms with van der Waals surface area (Å²) in [6.45, 7) is 0.243. The van der Waals surface area contributed by atoms with Crippen LogP contribution in [0.4, 0.5) is 5.95 Å². The molecule has 0 aromatic carbocycles. The first-order valence-electron chi connectivity index (χ1n) is 5.75. The van der Waals surface area contributed by atoms with Crippen LogP contribution in [0.25, 0.3) is 11.2 Å². The van der Waals surface area contributed by atoms with Gasteiger partial charge in [0.05, 0.1) is 12.5 Å². The average Bonchev–Trinajstić information content (AvgIpc) is 2.81. The molecule has 10 nitrogen and oxygen atoms in total. The summed E-state index contributed by atoms with van der Waals surface area (Å²) in [7, 11) is -3.97. The molecule has 0 radical (unpaired) electrons. The fraction of sp³-hybridized carbons (Fsp3) is 0.444. The maximum Gasteiger partial charge on any atom is 0.325 e. The molecule has 0 saturated heterocycles. The molecule has 110 valence electrons. The molecule has 0 fully saturated rings. The van der Waals surface area contributed by atoms with Crippen LogP contribution in [-0.2, 0) is 9.30 Å². The van der Waals surface area contributed by atoms with Gasteiger partial charge < -0.3 is 24.8 Å². The third-order valence-electron chi connectivity index (χ3n) is 2.38. The number of ether oxygens (including phenoxy) is 1. The van der Waals surface area contributed by atoms with Crippen molar-refractivity contribution in [1.82, 2.24) is 19.9 Å². The fourth-order valence-electron chi connectivity index (χ4n) is 1.49. The SMILES string of the molecule is O=c1[nH]c(NCOCCCP(=O)(O)O)nc2nc[nH]c12. The second kappa shape index (κ2) is 6.14. The van der Waals surface area contributed by atoms with Crippen molar-refractivity contribution in [1.29, 1.82) is 0 Å². The number of fused-ring (bicyclic) bond motifs is 1. The van der Waals surface area contributed by atoms with Crippen molar-refractivity contribution in [2.24, 2.45) is 0 Å². The minimum absolute atomic E-state index is 0.0556. The zero-order chi connectivity index (χ0) is 14.6. The van der Waals surface area contributed by atoms with Crippen molar-refractivity contribution < 1.29 is 19.1 Å². The number of aromatic nitrogens is 4. The van der Waals surface area contributed by atoms with E-state index in [1.54, 1.807) is 0 Å². The lowest BCUT2D eigenvalue weighted by molar-refractivity contribution is 0.151. The summed E-state index contributed by atoms with van der Waals surface area (Å²) in [5.74, 6) is 0.213. The van der Waals surface area contributed by atoms with Crippen molar-refractivity contribution in [2.45, 2.75) is 6.42 Å². The van der Waals surface area contributed by atoms with Gasteiger partial charge in [0, 0.05) is 6.61 Å². The number of aromatic amines is 2. The summed E-state index contributed by atoms with van der Waals surface area (Å²) in [5.41, 5.74) is 0.229. The molecule has 0 aliphatic heterocycles. The lowest BCUT2D eigenvalue weighted by atomic mass is 10.5. The molecule has 0 atom stereocenters. The Morgan fingerprint density at radius 3 is 3.00 bits per heavy atom. The molecule has 0 amide bonds. The van der Waals surface area contributed by atoms with Crippen LogP contribution in [0.2, 0.25) is 0 Å². The molecule has 0 saturated carbocycles. The highest BCUT2D eigenvalue weighted by atomic mass is 31.2. The minimum atomic E-state index is -3.97. The minimum Gasteiger partial charge on any atom is -0.361 e. The molecule has 0 aliphatic rings. The van der Waals surface area contributed by atoms with Crippen molar-refractivity contribution in [3.8, 4) is 0 Å². The number of H-pyrrole nitrogens is 2. The Hall–Kier alpha value is -1.74. The quantitative estimate of drug-likeness (QED) is 0.263. The molecule has 2 aromatic heterocycles. The van der Waals surface area contributed by atoms with Gasteiger partial charge in [0.1, 0.15) is 6.73 Å². The lowest BCUT2D eigenvalue weighted by Crippen LogP contribution is -2.15. The molecule has 0 aliphatic carbocycles. The van der Waals surface area contributed by atoms with E-state index in [2.05, 4.69) is 25.3 Å². The maximum atomic E-state index is 11.6. The molecule has 11 heteroatoms. The topological polar surface area (TPSA) is 153 Å². The summed E-state index contributed by atoms with van der Waals surface area (Å²) in [6, 6.07) is 0. The largest absolute Gasteiger partial charge is 0.361 e. The van der Waals surface area contributed by atoms with E-state index in [9.17, 15) is 9.36 Å². The lowest BCUT2D eigenvalue weighted by Gasteiger charge is -2.07. The number of anilines is 1. The Morgan fingerprint density at radius 2 is 2.25 bits per heavy atom. The predicted octanol–water partition coefficient (Wildman–Crippen LogP) is -0.400. The number of rotatable bonds is 7. The van der Waals surface area contributed by atoms with E-state index in [4.69, 9.17) is 14.5 Å². The summed E-state index contributed by atoms with van der Waals surface area (Å²) in [5, 5.41) is 2.73. The van der Waals surface area contributed by atoms with Gasteiger partial charge in [-0.2, -0.15) is 4.98 Å². The van der Waals surface area contributed by atoms with Crippen molar-refractivity contribution >= 4 is 24.7 Å². The smallest absolute Gasteiger partial charge is 0.325 e. The van der Waals surface area contributed by atoms with Crippen molar-refractivity contribution in [2.75, 3.05) is 24.8 Å². The van der Waals surface area contributed by atoms with E-state index in [1.807, 2.05) is 0 Å². The van der Waals surface area contributed by atoms with Gasteiger partial charge >= 0.3 is 7.60 Å². The highest BCUT2D eigenvalue weighted by Crippen LogP contribution is 2.34. The monoisotopic (exact) mass is 303 g/mol. The first-order valence-corrected chi connectivity index (χ1v) is 7.55. The first-order chi connectivity index (χ1) is 9.46. The van der Waals surface area contributed by atoms with E-state index in [0.29, 0.717) is 0 Å². The highest BCUT2D eigenvalue weighted by Gasteiger charge is 2.11. The molecular weight excluding hydrogens is 289 g/mol. The van der Waals surface area contributed by atoms with Crippen LogP contribution in [0, 0.1) is 0 Å². The van der Waals surface area contributed by atoms with Crippen LogP contribution in [0.1, 0.15) is 6.42 Å². The van der Waals surface area contributed by atoms with Gasteiger partial charge in [-0.05, 0) is 6.42 Å². The number of nitrogens with zero attached hydrogens (tertiary/aromatic N) is 2. The highest BCUT2D eigenvalue weighted by molar-refractivity contribution is 7.51. The molecular formula is C9H14N5O5P. The number of imidazole rings is 1. The Labute approximate surface area is 112 Å². The van der Waals surface area contributed by atoms with Crippen LogP contribution < -0.4 is 10.9 Å². The summed E-state index contributed by atoms with van der Waals surface area (Å²) < 4.78 is 15.7. The van der Waals surface area contributed by atoms with Gasteiger partial charge in [0.2, 0.25) is 5.95 Å². The number of hydrogen-bond acceptors (Lipinski definition) is 6. The van der Waals surface area contributed by atoms with Gasteiger partial charge in [-0.15, -0.1) is 0 Å². The standard InChI is InChI=1S/C9H14N5O5P/c15-8-6-7(11-4-10-6)13-9(14-8)12-5-19-2-1-3-20(16,17)18/h4H,1-3,5H2,(H2,16,17,18)(H3,10,11,12,13,14,15). The molecule has 5 N–H and O–H groups in total. The molecule has 0 spiro atoms. The van der Waals surface area contributed by atoms with Crippen LogP contribution in [0.15, 0.2) is 11.1 Å². The van der Waals surface area contributed by atoms with E-state index in [1.165, 1.54) is 6.33 Å². The van der Waals surface area contributed by atoms with Crippen LogP contribution >= 0.6 is 7.60 Å². The van der Waals surface area contributed by atoms with Crippen LogP contribution in [-0.4, -0.2) is 49.2 Å². The van der Waals surface area contributed by atoms with Crippen molar-refractivity contribution in [3.63, 3.8) is 0 Å². The number of hydrogen-bond donors (Lipinski definition) is 5. The zero-order valence-electron chi connectivity index (χ0n) is 10.4. The second-order valence-corrected chi connectivity index (χ2v) is 5.76. The van der Waals surface area contributed by atoms with Crippen molar-refractivity contribution in [3.05, 3.63) is 16.7 Å². The predicted molar refractivity (Wildman–Crippen MR) is 70.5 cm³/mol. The van der Waals surface area contributed by atoms with Gasteiger partial charge in [-0.3, -0.25) is 14.3 Å². The summed E-state index contributed by atoms with van der Waals surface area (Å²) >= 11 is 0. The van der Waals surface area contributed by atoms with Gasteiger partial charge in [-0.1, -0.05) is 0 Å². The van der Waals surface area contributed by atoms with Crippen LogP contribution in [0.5, 0.6) is 0 Å². The second-order valence-electron chi connectivity index (χ2n) is 3.99. The molecule has 0 bridgehead atoms. The Kier molecular flexibility index (Phi) is 4.50. The fourth-order valence-corrected chi connectivity index (χ4v) is 2.03. The van der Waals surface area contributed by atoms with E-state index in [-0.39, 0.29) is 48.6 Å². The summed E-state index contributed by atoms with van der Waals surface area (Å²) in [6.07, 6.45) is 1.39. The maximum absolute atomic E-state index is 11.6. The van der Waals surface area contributed by atoms with E-state index in [0.717, 1.165) is 0 Å².